The smallest absolute Gasteiger partial charge is 0.165 e. The number of aliphatic hydroxyl groups is 1. The lowest BCUT2D eigenvalue weighted by atomic mass is 10.1. The third kappa shape index (κ3) is 2.96. The Hall–Kier alpha value is -0.590. The lowest BCUT2D eigenvalue weighted by Crippen LogP contribution is -2.24. The molecule has 2 atom stereocenters. The Labute approximate surface area is 104 Å². The molecule has 16 heavy (non-hydrogen) atoms. The second-order valence-electron chi connectivity index (χ2n) is 3.42. The van der Waals surface area contributed by atoms with E-state index in [-0.39, 0.29) is 5.75 Å². The average Bonchev–Trinajstić information content (AvgIpc) is 2.27. The van der Waals surface area contributed by atoms with Gasteiger partial charge in [-0.25, -0.2) is 8.42 Å². The molecule has 0 aliphatic heterocycles. The van der Waals surface area contributed by atoms with Gasteiger partial charge < -0.3 is 10.8 Å². The molecule has 0 fully saturated rings. The van der Waals surface area contributed by atoms with Gasteiger partial charge in [-0.15, -0.1) is 0 Å². The summed E-state index contributed by atoms with van der Waals surface area (Å²) in [7, 11) is -3.33. The summed E-state index contributed by atoms with van der Waals surface area (Å²) in [5.74, 6) is -0.0255. The van der Waals surface area contributed by atoms with Crippen molar-refractivity contribution in [2.45, 2.75) is 17.2 Å². The van der Waals surface area contributed by atoms with Gasteiger partial charge in [0, 0.05) is 11.4 Å². The van der Waals surface area contributed by atoms with Crippen LogP contribution < -0.4 is 5.73 Å². The van der Waals surface area contributed by atoms with Crippen LogP contribution in [0.4, 0.5) is 5.69 Å². The van der Waals surface area contributed by atoms with Crippen LogP contribution in [-0.2, 0) is 9.84 Å². The van der Waals surface area contributed by atoms with Gasteiger partial charge in [0.05, 0.1) is 0 Å². The average molecular weight is 308 g/mol. The summed E-state index contributed by atoms with van der Waals surface area (Å²) in [4.78, 5) is 0. The first-order valence-corrected chi connectivity index (χ1v) is 7.40. The van der Waals surface area contributed by atoms with Crippen molar-refractivity contribution in [3.8, 4) is 0 Å². The molecule has 1 aromatic rings. The molecule has 0 saturated heterocycles. The van der Waals surface area contributed by atoms with E-state index in [2.05, 4.69) is 15.9 Å². The van der Waals surface area contributed by atoms with E-state index in [1.807, 2.05) is 0 Å². The Morgan fingerprint density at radius 3 is 2.62 bits per heavy atom. The van der Waals surface area contributed by atoms with Gasteiger partial charge in [0.15, 0.2) is 9.84 Å². The van der Waals surface area contributed by atoms with Crippen LogP contribution >= 0.6 is 15.9 Å². The van der Waals surface area contributed by atoms with Gasteiger partial charge in [0.1, 0.15) is 10.3 Å². The molecule has 4 nitrogen and oxygen atoms in total. The number of benzene rings is 1. The lowest BCUT2D eigenvalue weighted by molar-refractivity contribution is 0.195. The summed E-state index contributed by atoms with van der Waals surface area (Å²) >= 11 is 3.01. The quantitative estimate of drug-likeness (QED) is 0.652. The molecule has 0 aliphatic rings. The highest BCUT2D eigenvalue weighted by molar-refractivity contribution is 9.11. The SMILES string of the molecule is CCS(=O)(=O)[C@H](Br)[C@H](O)c1cccc(N)c1. The zero-order chi connectivity index (χ0) is 12.3. The Morgan fingerprint density at radius 2 is 2.12 bits per heavy atom. The molecule has 0 heterocycles. The summed E-state index contributed by atoms with van der Waals surface area (Å²) in [6.45, 7) is 1.54. The molecule has 0 amide bonds. The van der Waals surface area contributed by atoms with E-state index in [4.69, 9.17) is 5.73 Å². The molecule has 0 aromatic heterocycles. The van der Waals surface area contributed by atoms with Crippen LogP contribution in [0.2, 0.25) is 0 Å². The Morgan fingerprint density at radius 1 is 1.50 bits per heavy atom. The van der Waals surface area contributed by atoms with Crippen molar-refractivity contribution in [2.24, 2.45) is 0 Å². The van der Waals surface area contributed by atoms with Crippen LogP contribution in [0, 0.1) is 0 Å². The minimum atomic E-state index is -3.33. The number of halogens is 1. The fraction of sp³-hybridized carbons (Fsp3) is 0.400. The highest BCUT2D eigenvalue weighted by Crippen LogP contribution is 2.28. The van der Waals surface area contributed by atoms with E-state index in [9.17, 15) is 13.5 Å². The molecule has 6 heteroatoms. The number of sulfone groups is 1. The highest BCUT2D eigenvalue weighted by Gasteiger charge is 2.29. The predicted octanol–water partition coefficient (Wildman–Crippen LogP) is 1.46. The van der Waals surface area contributed by atoms with Crippen LogP contribution in [0.1, 0.15) is 18.6 Å². The van der Waals surface area contributed by atoms with Crippen LogP contribution in [-0.4, -0.2) is 23.4 Å². The van der Waals surface area contributed by atoms with Crippen LogP contribution in [0.25, 0.3) is 0 Å². The third-order valence-electron chi connectivity index (χ3n) is 2.25. The zero-order valence-electron chi connectivity index (χ0n) is 8.80. The number of alkyl halides is 1. The van der Waals surface area contributed by atoms with Gasteiger partial charge in [-0.05, 0) is 17.7 Å². The second kappa shape index (κ2) is 5.16. The number of anilines is 1. The minimum Gasteiger partial charge on any atom is -0.399 e. The third-order valence-corrected chi connectivity index (χ3v) is 6.20. The maximum absolute atomic E-state index is 11.6. The van der Waals surface area contributed by atoms with E-state index >= 15 is 0 Å². The molecule has 1 rings (SSSR count). The Bertz CT molecular complexity index is 461. The molecule has 0 unspecified atom stereocenters. The molecule has 0 bridgehead atoms. The maximum Gasteiger partial charge on any atom is 0.165 e. The summed E-state index contributed by atoms with van der Waals surface area (Å²) in [5, 5.41) is 9.90. The molecular formula is C10H14BrNO3S. The standard InChI is InChI=1S/C10H14BrNO3S/c1-2-16(14,15)10(11)9(13)7-4-3-5-8(12)6-7/h3-6,9-10,13H,2,12H2,1H3/t9-,10+/m1/s1. The number of nitrogens with two attached hydrogens (primary N) is 1. The van der Waals surface area contributed by atoms with Crippen molar-refractivity contribution < 1.29 is 13.5 Å². The number of nitrogen functional groups attached to an aromatic ring is 1. The van der Waals surface area contributed by atoms with Crippen molar-refractivity contribution >= 4 is 31.5 Å². The molecule has 0 saturated carbocycles. The van der Waals surface area contributed by atoms with Gasteiger partial charge in [-0.2, -0.15) is 0 Å². The Balaban J connectivity index is 2.99. The predicted molar refractivity (Wildman–Crippen MR) is 68.0 cm³/mol. The van der Waals surface area contributed by atoms with E-state index in [1.165, 1.54) is 6.92 Å². The van der Waals surface area contributed by atoms with Gasteiger partial charge in [0.25, 0.3) is 0 Å². The van der Waals surface area contributed by atoms with E-state index < -0.39 is 20.1 Å². The van der Waals surface area contributed by atoms with Crippen LogP contribution in [0.5, 0.6) is 0 Å². The van der Waals surface area contributed by atoms with Crippen molar-refractivity contribution in [3.05, 3.63) is 29.8 Å². The molecule has 0 spiro atoms. The summed E-state index contributed by atoms with van der Waals surface area (Å²) in [6, 6.07) is 6.55. The van der Waals surface area contributed by atoms with Crippen LogP contribution in [0.15, 0.2) is 24.3 Å². The number of aliphatic hydroxyl groups excluding tert-OH is 1. The lowest BCUT2D eigenvalue weighted by Gasteiger charge is -2.17. The summed E-state index contributed by atoms with van der Waals surface area (Å²) < 4.78 is 22.1. The van der Waals surface area contributed by atoms with E-state index in [0.29, 0.717) is 11.3 Å². The first-order chi connectivity index (χ1) is 7.38. The monoisotopic (exact) mass is 307 g/mol. The summed E-state index contributed by atoms with van der Waals surface area (Å²) in [5.41, 5.74) is 6.54. The largest absolute Gasteiger partial charge is 0.399 e. The van der Waals surface area contributed by atoms with Crippen molar-refractivity contribution in [2.75, 3.05) is 11.5 Å². The summed E-state index contributed by atoms with van der Waals surface area (Å²) in [6.07, 6.45) is -1.12. The first kappa shape index (κ1) is 13.5. The second-order valence-corrected chi connectivity index (χ2v) is 7.42. The number of hydrogen-bond acceptors (Lipinski definition) is 4. The topological polar surface area (TPSA) is 80.4 Å². The first-order valence-electron chi connectivity index (χ1n) is 4.77. The molecule has 0 aliphatic carbocycles. The highest BCUT2D eigenvalue weighted by atomic mass is 79.9. The van der Waals surface area contributed by atoms with Gasteiger partial charge in [-0.3, -0.25) is 0 Å². The minimum absolute atomic E-state index is 0.0255. The number of rotatable bonds is 4. The molecule has 1 aromatic carbocycles. The maximum atomic E-state index is 11.6. The zero-order valence-corrected chi connectivity index (χ0v) is 11.2. The van der Waals surface area contributed by atoms with Gasteiger partial charge in [0.2, 0.25) is 0 Å². The van der Waals surface area contributed by atoms with Crippen molar-refractivity contribution in [3.63, 3.8) is 0 Å². The fourth-order valence-electron chi connectivity index (χ4n) is 1.25. The van der Waals surface area contributed by atoms with Crippen molar-refractivity contribution in [1.29, 1.82) is 0 Å². The Kier molecular flexibility index (Phi) is 4.35. The molecule has 90 valence electrons. The van der Waals surface area contributed by atoms with Gasteiger partial charge in [-0.1, -0.05) is 35.0 Å². The number of hydrogen-bond donors (Lipinski definition) is 2. The normalized spacial score (nSPS) is 15.7. The van der Waals surface area contributed by atoms with E-state index in [0.717, 1.165) is 0 Å². The van der Waals surface area contributed by atoms with E-state index in [1.54, 1.807) is 24.3 Å². The van der Waals surface area contributed by atoms with Crippen molar-refractivity contribution in [1.82, 2.24) is 0 Å². The molecule has 0 radical (unpaired) electrons. The fourth-order valence-corrected chi connectivity index (χ4v) is 3.22. The molecular weight excluding hydrogens is 294 g/mol. The van der Waals surface area contributed by atoms with Gasteiger partial charge >= 0.3 is 0 Å². The van der Waals surface area contributed by atoms with Crippen LogP contribution in [0.3, 0.4) is 0 Å². The molecule has 3 N–H and O–H groups in total.